The molecular formula is C21H27N5O6S. The zero-order valence-electron chi connectivity index (χ0n) is 18.8. The predicted octanol–water partition coefficient (Wildman–Crippen LogP) is 2.37. The SMILES string of the molecule is COc1cc(Nc2nc3ccccc3nc2NS(=O)(=O)N(C)C)c(OCCCO)c(OC)c1. The Bertz CT molecular complexity index is 1220. The second kappa shape index (κ2) is 10.5. The molecule has 12 heteroatoms. The van der Waals surface area contributed by atoms with Gasteiger partial charge in [-0.05, 0) is 12.1 Å². The molecule has 0 amide bonds. The Morgan fingerprint density at radius 2 is 1.70 bits per heavy atom. The molecule has 0 radical (unpaired) electrons. The summed E-state index contributed by atoms with van der Waals surface area (Å²) in [4.78, 5) is 9.02. The molecule has 0 spiro atoms. The van der Waals surface area contributed by atoms with E-state index in [1.807, 2.05) is 6.07 Å². The van der Waals surface area contributed by atoms with Crippen LogP contribution in [0.1, 0.15) is 6.42 Å². The van der Waals surface area contributed by atoms with Crippen molar-refractivity contribution in [1.82, 2.24) is 14.3 Å². The van der Waals surface area contributed by atoms with Gasteiger partial charge in [-0.3, -0.25) is 4.72 Å². The van der Waals surface area contributed by atoms with Crippen molar-refractivity contribution in [1.29, 1.82) is 0 Å². The number of aromatic nitrogens is 2. The van der Waals surface area contributed by atoms with E-state index in [1.54, 1.807) is 30.3 Å². The number of aliphatic hydroxyl groups excluding tert-OH is 1. The summed E-state index contributed by atoms with van der Waals surface area (Å²) >= 11 is 0. The molecule has 0 bridgehead atoms. The normalized spacial score (nSPS) is 11.5. The van der Waals surface area contributed by atoms with Gasteiger partial charge in [0.25, 0.3) is 0 Å². The molecule has 33 heavy (non-hydrogen) atoms. The predicted molar refractivity (Wildman–Crippen MR) is 126 cm³/mol. The van der Waals surface area contributed by atoms with Crippen LogP contribution in [0, 0.1) is 0 Å². The fourth-order valence-electron chi connectivity index (χ4n) is 2.83. The Hall–Kier alpha value is -3.35. The van der Waals surface area contributed by atoms with Gasteiger partial charge in [0.15, 0.2) is 23.1 Å². The van der Waals surface area contributed by atoms with E-state index >= 15 is 0 Å². The van der Waals surface area contributed by atoms with Crippen LogP contribution < -0.4 is 24.2 Å². The standard InChI is InChI=1S/C21H27N5O6S/c1-26(2)33(28,29)25-21-20(22-15-8-5-6-9-16(15)23-21)24-17-12-14(30-3)13-18(31-4)19(17)32-11-7-10-27/h5-6,8-9,12-13,27H,7,10-11H2,1-4H3,(H,22,24)(H,23,25). The molecule has 3 rings (SSSR count). The van der Waals surface area contributed by atoms with Crippen LogP contribution in [0.3, 0.4) is 0 Å². The molecule has 11 nitrogen and oxygen atoms in total. The van der Waals surface area contributed by atoms with Gasteiger partial charge in [-0.1, -0.05) is 12.1 Å². The molecular weight excluding hydrogens is 450 g/mol. The number of aliphatic hydroxyl groups is 1. The van der Waals surface area contributed by atoms with Crippen molar-refractivity contribution in [2.75, 3.05) is 51.6 Å². The Morgan fingerprint density at radius 1 is 1.03 bits per heavy atom. The average Bonchev–Trinajstić information content (AvgIpc) is 2.79. The number of rotatable bonds is 11. The summed E-state index contributed by atoms with van der Waals surface area (Å²) in [7, 11) is 1.96. The third-order valence-corrected chi connectivity index (χ3v) is 5.98. The summed E-state index contributed by atoms with van der Waals surface area (Å²) < 4.78 is 45.2. The molecule has 0 aliphatic heterocycles. The van der Waals surface area contributed by atoms with Crippen molar-refractivity contribution >= 4 is 38.6 Å². The number of ether oxygens (including phenoxy) is 3. The van der Waals surface area contributed by atoms with Crippen molar-refractivity contribution in [3.05, 3.63) is 36.4 Å². The lowest BCUT2D eigenvalue weighted by Crippen LogP contribution is -2.29. The maximum Gasteiger partial charge on any atom is 0.302 e. The quantitative estimate of drug-likeness (QED) is 0.356. The summed E-state index contributed by atoms with van der Waals surface area (Å²) in [6.07, 6.45) is 0.415. The Kier molecular flexibility index (Phi) is 7.74. The first-order valence-electron chi connectivity index (χ1n) is 10.0. The van der Waals surface area contributed by atoms with Gasteiger partial charge in [-0.25, -0.2) is 9.97 Å². The average molecular weight is 478 g/mol. The van der Waals surface area contributed by atoms with E-state index in [2.05, 4.69) is 20.0 Å². The highest BCUT2D eigenvalue weighted by atomic mass is 32.2. The minimum absolute atomic E-state index is 0.00509. The molecule has 0 aliphatic rings. The van der Waals surface area contributed by atoms with Crippen LogP contribution in [-0.2, 0) is 10.2 Å². The molecule has 0 fully saturated rings. The molecule has 3 N–H and O–H groups in total. The summed E-state index contributed by atoms with van der Waals surface area (Å²) in [6, 6.07) is 10.4. The second-order valence-electron chi connectivity index (χ2n) is 7.06. The van der Waals surface area contributed by atoms with E-state index < -0.39 is 10.2 Å². The number of nitrogens with one attached hydrogen (secondary N) is 2. The zero-order chi connectivity index (χ0) is 24.0. The first-order valence-corrected chi connectivity index (χ1v) is 11.5. The van der Waals surface area contributed by atoms with Gasteiger partial charge in [0, 0.05) is 39.3 Å². The Morgan fingerprint density at radius 3 is 2.27 bits per heavy atom. The molecule has 0 aliphatic carbocycles. The number of anilines is 3. The van der Waals surface area contributed by atoms with E-state index in [9.17, 15) is 8.42 Å². The lowest BCUT2D eigenvalue weighted by molar-refractivity contribution is 0.228. The summed E-state index contributed by atoms with van der Waals surface area (Å²) in [6.45, 7) is 0.200. The van der Waals surface area contributed by atoms with E-state index in [0.29, 0.717) is 40.4 Å². The monoisotopic (exact) mass is 477 g/mol. The van der Waals surface area contributed by atoms with Gasteiger partial charge < -0.3 is 24.6 Å². The lowest BCUT2D eigenvalue weighted by Gasteiger charge is -2.19. The maximum absolute atomic E-state index is 12.5. The van der Waals surface area contributed by atoms with Crippen LogP contribution in [0.4, 0.5) is 17.3 Å². The van der Waals surface area contributed by atoms with Gasteiger partial charge in [-0.15, -0.1) is 0 Å². The highest BCUT2D eigenvalue weighted by molar-refractivity contribution is 7.90. The van der Waals surface area contributed by atoms with E-state index in [1.165, 1.54) is 28.3 Å². The van der Waals surface area contributed by atoms with Crippen LogP contribution in [0.15, 0.2) is 36.4 Å². The van der Waals surface area contributed by atoms with Gasteiger partial charge in [0.05, 0.1) is 37.5 Å². The summed E-state index contributed by atoms with van der Waals surface area (Å²) in [5, 5.41) is 12.2. The number of fused-ring (bicyclic) bond motifs is 1. The Balaban J connectivity index is 2.13. The minimum atomic E-state index is -3.86. The third-order valence-electron chi connectivity index (χ3n) is 4.56. The van der Waals surface area contributed by atoms with E-state index in [0.717, 1.165) is 4.31 Å². The fourth-order valence-corrected chi connectivity index (χ4v) is 3.40. The number of methoxy groups -OCH3 is 2. The number of para-hydroxylation sites is 2. The van der Waals surface area contributed by atoms with Crippen LogP contribution in [-0.4, -0.2) is 69.3 Å². The van der Waals surface area contributed by atoms with Gasteiger partial charge in [0.2, 0.25) is 0 Å². The molecule has 1 aromatic heterocycles. The molecule has 2 aromatic carbocycles. The van der Waals surface area contributed by atoms with Crippen LogP contribution in [0.5, 0.6) is 17.2 Å². The molecule has 0 saturated heterocycles. The first-order chi connectivity index (χ1) is 15.8. The molecule has 0 atom stereocenters. The number of benzene rings is 2. The smallest absolute Gasteiger partial charge is 0.302 e. The van der Waals surface area contributed by atoms with Crippen molar-refractivity contribution in [3.63, 3.8) is 0 Å². The van der Waals surface area contributed by atoms with Gasteiger partial charge >= 0.3 is 10.2 Å². The summed E-state index contributed by atoms with van der Waals surface area (Å²) in [5.41, 5.74) is 1.49. The molecule has 178 valence electrons. The highest BCUT2D eigenvalue weighted by Gasteiger charge is 2.21. The molecule has 0 saturated carbocycles. The van der Waals surface area contributed by atoms with Gasteiger partial charge in [-0.2, -0.15) is 12.7 Å². The number of nitrogens with zero attached hydrogens (tertiary/aromatic N) is 3. The van der Waals surface area contributed by atoms with Crippen molar-refractivity contribution < 1.29 is 27.7 Å². The van der Waals surface area contributed by atoms with Crippen molar-refractivity contribution in [2.45, 2.75) is 6.42 Å². The third kappa shape index (κ3) is 5.72. The topological polar surface area (TPSA) is 135 Å². The van der Waals surface area contributed by atoms with Gasteiger partial charge in [0.1, 0.15) is 5.75 Å². The van der Waals surface area contributed by atoms with E-state index in [-0.39, 0.29) is 24.8 Å². The molecule has 1 heterocycles. The molecule has 0 unspecified atom stereocenters. The van der Waals surface area contributed by atoms with Crippen LogP contribution in [0.25, 0.3) is 11.0 Å². The zero-order valence-corrected chi connectivity index (χ0v) is 19.6. The van der Waals surface area contributed by atoms with Crippen LogP contribution >= 0.6 is 0 Å². The second-order valence-corrected chi connectivity index (χ2v) is 8.94. The van der Waals surface area contributed by atoms with E-state index in [4.69, 9.17) is 19.3 Å². The Labute approximate surface area is 192 Å². The minimum Gasteiger partial charge on any atom is -0.497 e. The summed E-state index contributed by atoms with van der Waals surface area (Å²) in [5.74, 6) is 1.38. The lowest BCUT2D eigenvalue weighted by atomic mass is 10.2. The van der Waals surface area contributed by atoms with Crippen molar-refractivity contribution in [3.8, 4) is 17.2 Å². The number of hydrogen-bond donors (Lipinski definition) is 3. The number of hydrogen-bond acceptors (Lipinski definition) is 9. The van der Waals surface area contributed by atoms with Crippen LogP contribution in [0.2, 0.25) is 0 Å². The first kappa shape index (κ1) is 24.3. The fraction of sp³-hybridized carbons (Fsp3) is 0.333. The highest BCUT2D eigenvalue weighted by Crippen LogP contribution is 2.41. The van der Waals surface area contributed by atoms with Crippen molar-refractivity contribution in [2.24, 2.45) is 0 Å². The maximum atomic E-state index is 12.5. The largest absolute Gasteiger partial charge is 0.497 e. The molecule has 3 aromatic rings.